The van der Waals surface area contributed by atoms with Crippen LogP contribution < -0.4 is 5.69 Å². The van der Waals surface area contributed by atoms with E-state index in [1.165, 1.54) is 10.8 Å². The van der Waals surface area contributed by atoms with Crippen LogP contribution in [0.3, 0.4) is 0 Å². The minimum Gasteiger partial charge on any atom is -0.493 e. The van der Waals surface area contributed by atoms with Crippen LogP contribution >= 0.6 is 0 Å². The normalized spacial score (nSPS) is 19.6. The highest BCUT2D eigenvalue weighted by atomic mass is 16.3. The molecular formula is C23H23N5O3. The van der Waals surface area contributed by atoms with Crippen molar-refractivity contribution in [1.82, 2.24) is 19.0 Å². The Morgan fingerprint density at radius 1 is 1.29 bits per heavy atom. The van der Waals surface area contributed by atoms with Crippen LogP contribution in [-0.4, -0.2) is 36.6 Å². The number of hydrogen-bond acceptors (Lipinski definition) is 5. The second kappa shape index (κ2) is 6.45. The van der Waals surface area contributed by atoms with E-state index in [0.717, 1.165) is 0 Å². The van der Waals surface area contributed by atoms with Crippen LogP contribution in [-0.2, 0) is 4.79 Å². The fourth-order valence-electron chi connectivity index (χ4n) is 4.94. The van der Waals surface area contributed by atoms with E-state index in [0.29, 0.717) is 41.5 Å². The molecule has 8 heteroatoms. The van der Waals surface area contributed by atoms with Crippen LogP contribution in [0.15, 0.2) is 35.3 Å². The van der Waals surface area contributed by atoms with Gasteiger partial charge in [0.05, 0.1) is 24.0 Å². The number of fused-ring (bicyclic) bond motifs is 6. The molecule has 2 aliphatic rings. The number of rotatable bonds is 2. The number of carbonyl (C=O) groups excluding carboxylic acids is 1. The monoisotopic (exact) mass is 417 g/mol. The van der Waals surface area contributed by atoms with E-state index in [1.807, 2.05) is 26.8 Å². The SMILES string of the molecule is CC(C)(C)CC(=O)N1C[C@H]2CC1c1c(O)n(-c3cnc(C#N)c4ccccc34)c(=O)n12. The quantitative estimate of drug-likeness (QED) is 0.690. The molecule has 5 rings (SSSR count). The number of nitrogens with zero attached hydrogens (tertiary/aromatic N) is 5. The van der Waals surface area contributed by atoms with Gasteiger partial charge in [-0.15, -0.1) is 0 Å². The molecule has 4 heterocycles. The van der Waals surface area contributed by atoms with Crippen LogP contribution in [0.5, 0.6) is 5.88 Å². The Morgan fingerprint density at radius 2 is 2.00 bits per heavy atom. The molecule has 1 unspecified atom stereocenters. The van der Waals surface area contributed by atoms with Gasteiger partial charge in [0.15, 0.2) is 0 Å². The molecule has 31 heavy (non-hydrogen) atoms. The van der Waals surface area contributed by atoms with E-state index in [-0.39, 0.29) is 40.7 Å². The molecular weight excluding hydrogens is 394 g/mol. The molecule has 2 aliphatic heterocycles. The summed E-state index contributed by atoms with van der Waals surface area (Å²) in [6.07, 6.45) is 2.50. The Hall–Kier alpha value is -3.60. The third-order valence-corrected chi connectivity index (χ3v) is 6.18. The Morgan fingerprint density at radius 3 is 2.68 bits per heavy atom. The summed E-state index contributed by atoms with van der Waals surface area (Å²) in [7, 11) is 0. The molecule has 0 spiro atoms. The van der Waals surface area contributed by atoms with Crippen molar-refractivity contribution < 1.29 is 9.90 Å². The lowest BCUT2D eigenvalue weighted by molar-refractivity contribution is -0.134. The van der Waals surface area contributed by atoms with Gasteiger partial charge in [-0.3, -0.25) is 9.36 Å². The van der Waals surface area contributed by atoms with Gasteiger partial charge in [0.1, 0.15) is 17.5 Å². The molecule has 1 fully saturated rings. The van der Waals surface area contributed by atoms with E-state index in [9.17, 15) is 20.0 Å². The average molecular weight is 417 g/mol. The number of aromatic nitrogens is 3. The summed E-state index contributed by atoms with van der Waals surface area (Å²) in [6.45, 7) is 6.53. The van der Waals surface area contributed by atoms with Crippen molar-refractivity contribution in [2.24, 2.45) is 5.41 Å². The van der Waals surface area contributed by atoms with Gasteiger partial charge in [0, 0.05) is 23.7 Å². The van der Waals surface area contributed by atoms with E-state index in [1.54, 1.807) is 27.7 Å². The van der Waals surface area contributed by atoms with Gasteiger partial charge in [-0.2, -0.15) is 5.26 Å². The van der Waals surface area contributed by atoms with E-state index >= 15 is 0 Å². The number of benzene rings is 1. The summed E-state index contributed by atoms with van der Waals surface area (Å²) in [6, 6.07) is 8.79. The van der Waals surface area contributed by atoms with Crippen molar-refractivity contribution in [1.29, 1.82) is 5.26 Å². The molecule has 2 bridgehead atoms. The largest absolute Gasteiger partial charge is 0.493 e. The Kier molecular flexibility index (Phi) is 4.03. The Labute approximate surface area is 179 Å². The first-order valence-corrected chi connectivity index (χ1v) is 10.3. The third kappa shape index (κ3) is 2.76. The van der Waals surface area contributed by atoms with Gasteiger partial charge in [0.25, 0.3) is 0 Å². The van der Waals surface area contributed by atoms with E-state index in [4.69, 9.17) is 0 Å². The number of aromatic hydroxyl groups is 1. The highest BCUT2D eigenvalue weighted by Gasteiger charge is 2.49. The van der Waals surface area contributed by atoms with E-state index < -0.39 is 0 Å². The van der Waals surface area contributed by atoms with E-state index in [2.05, 4.69) is 11.1 Å². The minimum absolute atomic E-state index is 0.0383. The van der Waals surface area contributed by atoms with Crippen molar-refractivity contribution in [3.8, 4) is 17.6 Å². The molecule has 2 atom stereocenters. The second-order valence-corrected chi connectivity index (χ2v) is 9.54. The summed E-state index contributed by atoms with van der Waals surface area (Å²) >= 11 is 0. The molecule has 1 saturated heterocycles. The van der Waals surface area contributed by atoms with Crippen LogP contribution in [0.2, 0.25) is 0 Å². The van der Waals surface area contributed by atoms with Gasteiger partial charge < -0.3 is 10.0 Å². The number of nitriles is 1. The first-order valence-electron chi connectivity index (χ1n) is 10.3. The molecule has 158 valence electrons. The second-order valence-electron chi connectivity index (χ2n) is 9.54. The van der Waals surface area contributed by atoms with Crippen molar-refractivity contribution in [2.45, 2.75) is 45.7 Å². The zero-order valence-corrected chi connectivity index (χ0v) is 17.7. The minimum atomic E-state index is -0.348. The maximum absolute atomic E-state index is 13.3. The molecule has 1 N–H and O–H groups in total. The first kappa shape index (κ1) is 19.4. The number of likely N-dealkylation sites (tertiary alicyclic amines) is 1. The zero-order chi connectivity index (χ0) is 22.1. The van der Waals surface area contributed by atoms with Crippen LogP contribution in [0, 0.1) is 16.7 Å². The summed E-state index contributed by atoms with van der Waals surface area (Å²) in [5, 5.41) is 21.8. The lowest BCUT2D eigenvalue weighted by Gasteiger charge is -2.30. The number of hydrogen-bond donors (Lipinski definition) is 1. The van der Waals surface area contributed by atoms with Crippen LogP contribution in [0.1, 0.15) is 57.1 Å². The smallest absolute Gasteiger partial charge is 0.336 e. The van der Waals surface area contributed by atoms with Crippen molar-refractivity contribution in [3.63, 3.8) is 0 Å². The standard InChI is InChI=1S/C23H23N5O3/c1-23(2,3)9-19(29)26-12-13-8-17(26)20-21(30)28(22(31)27(13)20)18-11-25-16(10-24)14-6-4-5-7-15(14)18/h4-7,11,13,17,30H,8-9,12H2,1-3H3/t13-,17?/m1/s1. The van der Waals surface area contributed by atoms with Crippen molar-refractivity contribution in [2.75, 3.05) is 6.54 Å². The molecule has 0 radical (unpaired) electrons. The van der Waals surface area contributed by atoms with Crippen molar-refractivity contribution in [3.05, 3.63) is 52.3 Å². The van der Waals surface area contributed by atoms with Crippen LogP contribution in [0.25, 0.3) is 16.5 Å². The van der Waals surface area contributed by atoms with Crippen molar-refractivity contribution >= 4 is 16.7 Å². The van der Waals surface area contributed by atoms with Gasteiger partial charge in [-0.25, -0.2) is 14.3 Å². The maximum Gasteiger partial charge on any atom is 0.336 e. The highest BCUT2D eigenvalue weighted by Crippen LogP contribution is 2.49. The Balaban J connectivity index is 1.64. The number of carbonyl (C=O) groups is 1. The van der Waals surface area contributed by atoms with Gasteiger partial charge >= 0.3 is 5.69 Å². The highest BCUT2D eigenvalue weighted by molar-refractivity contribution is 5.93. The summed E-state index contributed by atoms with van der Waals surface area (Å²) < 4.78 is 2.87. The molecule has 0 saturated carbocycles. The Bertz CT molecular complexity index is 1340. The molecule has 0 aliphatic carbocycles. The fraction of sp³-hybridized carbons (Fsp3) is 0.391. The number of pyridine rings is 1. The summed E-state index contributed by atoms with van der Waals surface area (Å²) in [5.41, 5.74) is 0.680. The summed E-state index contributed by atoms with van der Waals surface area (Å²) in [4.78, 5) is 32.2. The molecule has 8 nitrogen and oxygen atoms in total. The number of imidazole rings is 1. The lowest BCUT2D eigenvalue weighted by Crippen LogP contribution is -2.39. The molecule has 3 aromatic rings. The molecule has 1 aromatic carbocycles. The topological polar surface area (TPSA) is 104 Å². The average Bonchev–Trinajstić information content (AvgIpc) is 3.38. The summed E-state index contributed by atoms with van der Waals surface area (Å²) in [5.74, 6) is -0.126. The molecule has 1 amide bonds. The van der Waals surface area contributed by atoms with Gasteiger partial charge in [-0.05, 0) is 11.8 Å². The van der Waals surface area contributed by atoms with Gasteiger partial charge in [0.2, 0.25) is 11.8 Å². The maximum atomic E-state index is 13.3. The predicted molar refractivity (Wildman–Crippen MR) is 114 cm³/mol. The first-order chi connectivity index (χ1) is 14.7. The lowest BCUT2D eigenvalue weighted by atomic mass is 9.91. The predicted octanol–water partition coefficient (Wildman–Crippen LogP) is 3.03. The zero-order valence-electron chi connectivity index (χ0n) is 17.7. The van der Waals surface area contributed by atoms with Crippen LogP contribution in [0.4, 0.5) is 0 Å². The fourth-order valence-corrected chi connectivity index (χ4v) is 4.94. The molecule has 2 aromatic heterocycles. The van der Waals surface area contributed by atoms with Gasteiger partial charge in [-0.1, -0.05) is 45.0 Å². The third-order valence-electron chi connectivity index (χ3n) is 6.18. The number of amides is 1.